The van der Waals surface area contributed by atoms with E-state index < -0.39 is 0 Å². The van der Waals surface area contributed by atoms with E-state index in [2.05, 4.69) is 25.1 Å². The van der Waals surface area contributed by atoms with Gasteiger partial charge in [0.2, 0.25) is 5.91 Å². The van der Waals surface area contributed by atoms with E-state index in [1.54, 1.807) is 17.8 Å². The number of fused-ring (bicyclic) bond motifs is 1. The maximum absolute atomic E-state index is 12.2. The Morgan fingerprint density at radius 1 is 1.41 bits per heavy atom. The van der Waals surface area contributed by atoms with Crippen molar-refractivity contribution in [3.05, 3.63) is 34.3 Å². The molecule has 29 heavy (non-hydrogen) atoms. The number of aryl methyl sites for hydroxylation is 1. The van der Waals surface area contributed by atoms with E-state index in [0.29, 0.717) is 23.4 Å². The van der Waals surface area contributed by atoms with Gasteiger partial charge in [-0.05, 0) is 31.6 Å². The number of nitrogens with one attached hydrogen (secondary N) is 1. The molecule has 1 amide bonds. The lowest BCUT2D eigenvalue weighted by atomic mass is 10.2. The number of nitrogens with zero attached hydrogens (tertiary/aromatic N) is 5. The number of hydrogen-bond acceptors (Lipinski definition) is 6. The second kappa shape index (κ2) is 9.32. The summed E-state index contributed by atoms with van der Waals surface area (Å²) < 4.78 is 4.18. The molecule has 4 rings (SSSR count). The molecule has 3 aromatic rings. The molecule has 1 fully saturated rings. The van der Waals surface area contributed by atoms with E-state index in [0.717, 1.165) is 28.8 Å². The Morgan fingerprint density at radius 2 is 2.24 bits per heavy atom. The number of carbonyl (C=O) groups is 1. The predicted molar refractivity (Wildman–Crippen MR) is 118 cm³/mol. The molecule has 0 unspecified atom stereocenters. The van der Waals surface area contributed by atoms with Crippen LogP contribution in [0.2, 0.25) is 5.15 Å². The number of hydrogen-bond donors (Lipinski definition) is 1. The Kier molecular flexibility index (Phi) is 6.56. The second-order valence-electron chi connectivity index (χ2n) is 6.98. The van der Waals surface area contributed by atoms with Gasteiger partial charge < -0.3 is 9.88 Å². The molecule has 0 aliphatic heterocycles. The van der Waals surface area contributed by atoms with Gasteiger partial charge in [0.1, 0.15) is 5.82 Å². The Hall–Kier alpha value is -1.84. The average Bonchev–Trinajstić information content (AvgIpc) is 3.48. The Bertz CT molecular complexity index is 1020. The van der Waals surface area contributed by atoms with E-state index in [1.165, 1.54) is 43.1 Å². The number of thiazole rings is 1. The number of imidazole rings is 1. The highest BCUT2D eigenvalue weighted by Gasteiger charge is 2.23. The van der Waals surface area contributed by atoms with Crippen LogP contribution in [0.3, 0.4) is 0 Å². The molecule has 1 N–H and O–H groups in total. The zero-order valence-electron chi connectivity index (χ0n) is 16.2. The molecule has 1 saturated carbocycles. The van der Waals surface area contributed by atoms with Gasteiger partial charge in [-0.1, -0.05) is 36.2 Å². The van der Waals surface area contributed by atoms with Gasteiger partial charge in [-0.25, -0.2) is 4.98 Å². The fourth-order valence-electron chi connectivity index (χ4n) is 3.74. The smallest absolute Gasteiger partial charge is 0.244 e. The minimum atomic E-state index is -0.145. The summed E-state index contributed by atoms with van der Waals surface area (Å²) in [5.74, 6) is 0.880. The lowest BCUT2D eigenvalue weighted by molar-refractivity contribution is -0.116. The average molecular weight is 451 g/mol. The fraction of sp³-hybridized carbons (Fsp3) is 0.474. The van der Waals surface area contributed by atoms with Crippen LogP contribution in [0.15, 0.2) is 22.8 Å². The molecule has 154 valence electrons. The van der Waals surface area contributed by atoms with Crippen molar-refractivity contribution in [1.82, 2.24) is 29.5 Å². The lowest BCUT2D eigenvalue weighted by Gasteiger charge is -2.16. The van der Waals surface area contributed by atoms with Crippen molar-refractivity contribution in [3.8, 4) is 0 Å². The topological polar surface area (TPSA) is 77.1 Å². The van der Waals surface area contributed by atoms with Crippen molar-refractivity contribution >= 4 is 51.6 Å². The predicted octanol–water partition coefficient (Wildman–Crippen LogP) is 4.24. The first-order valence-electron chi connectivity index (χ1n) is 9.72. The maximum atomic E-state index is 12.2. The summed E-state index contributed by atoms with van der Waals surface area (Å²) in [6, 6.07) is 0.523. The molecular formula is C19H23ClN6OS2. The number of aromatic nitrogens is 5. The van der Waals surface area contributed by atoms with Crippen molar-refractivity contribution in [1.29, 1.82) is 0 Å². The normalized spacial score (nSPS) is 15.1. The number of halogens is 1. The molecular weight excluding hydrogens is 428 g/mol. The Labute approximate surface area is 182 Å². The summed E-state index contributed by atoms with van der Waals surface area (Å²) in [6.45, 7) is 0.587. The van der Waals surface area contributed by atoms with Crippen LogP contribution in [0.4, 0.5) is 0 Å². The van der Waals surface area contributed by atoms with Crippen molar-refractivity contribution in [3.63, 3.8) is 0 Å². The molecule has 3 heterocycles. The van der Waals surface area contributed by atoms with Crippen LogP contribution in [0.5, 0.6) is 0 Å². The third-order valence-corrected chi connectivity index (χ3v) is 6.81. The molecule has 0 spiro atoms. The van der Waals surface area contributed by atoms with Crippen LogP contribution in [0.1, 0.15) is 49.7 Å². The fourth-order valence-corrected chi connectivity index (χ4v) is 5.32. The third kappa shape index (κ3) is 4.51. The summed E-state index contributed by atoms with van der Waals surface area (Å²) in [5, 5.41) is 15.0. The highest BCUT2D eigenvalue weighted by Crippen LogP contribution is 2.33. The number of rotatable bonds is 8. The lowest BCUT2D eigenvalue weighted by Crippen LogP contribution is -2.23. The van der Waals surface area contributed by atoms with Gasteiger partial charge in [-0.15, -0.1) is 21.5 Å². The zero-order chi connectivity index (χ0) is 20.2. The Morgan fingerprint density at radius 3 is 3.03 bits per heavy atom. The first kappa shape index (κ1) is 20.4. The molecule has 0 bridgehead atoms. The van der Waals surface area contributed by atoms with E-state index >= 15 is 0 Å². The van der Waals surface area contributed by atoms with Crippen LogP contribution in [0, 0.1) is 0 Å². The minimum Gasteiger partial charge on any atom is -0.353 e. The van der Waals surface area contributed by atoms with Gasteiger partial charge in [0.05, 0.1) is 5.69 Å². The molecule has 0 atom stereocenters. The van der Waals surface area contributed by atoms with Gasteiger partial charge in [0, 0.05) is 36.7 Å². The Balaban J connectivity index is 1.29. The molecule has 0 radical (unpaired) electrons. The molecule has 0 aromatic carbocycles. The van der Waals surface area contributed by atoms with Gasteiger partial charge in [-0.3, -0.25) is 9.20 Å². The van der Waals surface area contributed by atoms with Crippen molar-refractivity contribution in [2.45, 2.75) is 49.7 Å². The molecule has 1 aliphatic carbocycles. The zero-order valence-corrected chi connectivity index (χ0v) is 18.6. The highest BCUT2D eigenvalue weighted by atomic mass is 35.5. The van der Waals surface area contributed by atoms with Gasteiger partial charge >= 0.3 is 0 Å². The van der Waals surface area contributed by atoms with Gasteiger partial charge in [-0.2, -0.15) is 0 Å². The molecule has 3 aromatic heterocycles. The van der Waals surface area contributed by atoms with Crippen LogP contribution >= 0.6 is 34.7 Å². The largest absolute Gasteiger partial charge is 0.353 e. The van der Waals surface area contributed by atoms with E-state index in [4.69, 9.17) is 11.6 Å². The van der Waals surface area contributed by atoms with Gasteiger partial charge in [0.25, 0.3) is 0 Å². The third-order valence-electron chi connectivity index (χ3n) is 5.13. The monoisotopic (exact) mass is 450 g/mol. The quantitative estimate of drug-likeness (QED) is 0.315. The number of thioether (sulfide) groups is 1. The molecule has 0 saturated heterocycles. The van der Waals surface area contributed by atoms with Crippen LogP contribution in [-0.4, -0.2) is 42.9 Å². The number of amides is 1. The van der Waals surface area contributed by atoms with Crippen LogP contribution < -0.4 is 5.32 Å². The van der Waals surface area contributed by atoms with Gasteiger partial charge in [0.15, 0.2) is 15.3 Å². The van der Waals surface area contributed by atoms with Crippen molar-refractivity contribution in [2.75, 3.05) is 12.8 Å². The molecule has 10 heteroatoms. The van der Waals surface area contributed by atoms with Crippen molar-refractivity contribution in [2.24, 2.45) is 0 Å². The van der Waals surface area contributed by atoms with Crippen LogP contribution in [0.25, 0.3) is 11.0 Å². The van der Waals surface area contributed by atoms with Crippen molar-refractivity contribution < 1.29 is 4.79 Å². The van der Waals surface area contributed by atoms with E-state index in [-0.39, 0.29) is 5.91 Å². The summed E-state index contributed by atoms with van der Waals surface area (Å²) in [6.07, 6.45) is 13.7. The maximum Gasteiger partial charge on any atom is 0.244 e. The number of carbonyl (C=O) groups excluding carboxylic acids is 1. The minimum absolute atomic E-state index is 0.145. The SMILES string of the molecule is CSc1nnc(CCCNC(=O)/C=C/c2c(Cl)nc3sccn23)n1C1CCCC1. The molecule has 1 aliphatic rings. The van der Waals surface area contributed by atoms with Crippen LogP contribution in [-0.2, 0) is 11.2 Å². The molecule has 7 nitrogen and oxygen atoms in total. The van der Waals surface area contributed by atoms with E-state index in [9.17, 15) is 4.79 Å². The highest BCUT2D eigenvalue weighted by molar-refractivity contribution is 7.98. The summed E-state index contributed by atoms with van der Waals surface area (Å²) in [7, 11) is 0. The standard InChI is InChI=1S/C19H23ClN6OS2/c1-28-19-24-23-15(26(19)13-5-2-3-6-13)7-4-10-21-16(27)9-8-14-17(20)22-18-25(14)11-12-29-18/h8-9,11-13H,2-7,10H2,1H3,(H,21,27)/b9-8+. The first-order chi connectivity index (χ1) is 14.2. The first-order valence-corrected chi connectivity index (χ1v) is 12.2. The van der Waals surface area contributed by atoms with E-state index in [1.807, 2.05) is 22.2 Å². The summed E-state index contributed by atoms with van der Waals surface area (Å²) in [5.41, 5.74) is 0.715. The second-order valence-corrected chi connectivity index (χ2v) is 8.99. The summed E-state index contributed by atoms with van der Waals surface area (Å²) >= 11 is 9.30. The summed E-state index contributed by atoms with van der Waals surface area (Å²) in [4.78, 5) is 17.2.